The zero-order chi connectivity index (χ0) is 17.2. The maximum absolute atomic E-state index is 13.0. The summed E-state index contributed by atoms with van der Waals surface area (Å²) in [5.74, 6) is 1.06. The Kier molecular flexibility index (Phi) is 4.78. The van der Waals surface area contributed by atoms with E-state index in [0.29, 0.717) is 23.8 Å². The Morgan fingerprint density at radius 1 is 0.840 bits per heavy atom. The summed E-state index contributed by atoms with van der Waals surface area (Å²) < 4.78 is 0. The first-order chi connectivity index (χ1) is 12.2. The third-order valence-corrected chi connectivity index (χ3v) is 6.06. The van der Waals surface area contributed by atoms with E-state index in [0.717, 1.165) is 64.6 Å². The fourth-order valence-corrected chi connectivity index (χ4v) is 4.39. The van der Waals surface area contributed by atoms with Crippen LogP contribution in [0.3, 0.4) is 0 Å². The number of benzene rings is 1. The summed E-state index contributed by atoms with van der Waals surface area (Å²) in [6.45, 7) is 2.43. The smallest absolute Gasteiger partial charge is 0.226 e. The SMILES string of the molecule is O=C(C1CC1)N1CCC(C(=O)N2CCCC2Cc2ccccc2)CC1. The van der Waals surface area contributed by atoms with Crippen molar-refractivity contribution in [3.05, 3.63) is 35.9 Å². The van der Waals surface area contributed by atoms with Crippen LogP contribution in [-0.4, -0.2) is 47.3 Å². The number of carbonyl (C=O) groups excluding carboxylic acids is 2. The van der Waals surface area contributed by atoms with Crippen molar-refractivity contribution in [2.45, 2.75) is 51.0 Å². The maximum Gasteiger partial charge on any atom is 0.226 e. The number of rotatable bonds is 4. The molecule has 0 bridgehead atoms. The molecule has 3 aliphatic rings. The van der Waals surface area contributed by atoms with E-state index in [-0.39, 0.29) is 5.92 Å². The number of likely N-dealkylation sites (tertiary alicyclic amines) is 2. The molecule has 2 heterocycles. The average Bonchev–Trinajstić information content (AvgIpc) is 3.41. The van der Waals surface area contributed by atoms with Gasteiger partial charge in [0.15, 0.2) is 0 Å². The van der Waals surface area contributed by atoms with E-state index in [9.17, 15) is 9.59 Å². The first-order valence-electron chi connectivity index (χ1n) is 9.85. The molecule has 0 N–H and O–H groups in total. The Morgan fingerprint density at radius 3 is 2.20 bits per heavy atom. The topological polar surface area (TPSA) is 40.6 Å². The van der Waals surface area contributed by atoms with Gasteiger partial charge in [0.2, 0.25) is 11.8 Å². The van der Waals surface area contributed by atoms with Crippen LogP contribution in [0.25, 0.3) is 0 Å². The molecule has 2 amide bonds. The van der Waals surface area contributed by atoms with Crippen LogP contribution in [0.2, 0.25) is 0 Å². The summed E-state index contributed by atoms with van der Waals surface area (Å²) in [6.07, 6.45) is 6.99. The number of carbonyl (C=O) groups is 2. The van der Waals surface area contributed by atoms with Crippen molar-refractivity contribution >= 4 is 11.8 Å². The van der Waals surface area contributed by atoms with Crippen LogP contribution in [-0.2, 0) is 16.0 Å². The van der Waals surface area contributed by atoms with Crippen LogP contribution in [0.5, 0.6) is 0 Å². The molecule has 1 aromatic rings. The van der Waals surface area contributed by atoms with Crippen LogP contribution in [0.15, 0.2) is 30.3 Å². The fourth-order valence-electron chi connectivity index (χ4n) is 4.39. The van der Waals surface area contributed by atoms with Gasteiger partial charge in [0.25, 0.3) is 0 Å². The van der Waals surface area contributed by atoms with E-state index in [2.05, 4.69) is 29.2 Å². The Labute approximate surface area is 150 Å². The second kappa shape index (κ2) is 7.19. The Balaban J connectivity index is 1.33. The molecular formula is C21H28N2O2. The van der Waals surface area contributed by atoms with Crippen molar-refractivity contribution in [1.29, 1.82) is 0 Å². The summed E-state index contributed by atoms with van der Waals surface area (Å²) in [5, 5.41) is 0. The molecule has 1 saturated carbocycles. The third-order valence-electron chi connectivity index (χ3n) is 6.06. The van der Waals surface area contributed by atoms with Crippen molar-refractivity contribution < 1.29 is 9.59 Å². The lowest BCUT2D eigenvalue weighted by molar-refractivity contribution is -0.141. The van der Waals surface area contributed by atoms with Gasteiger partial charge in [-0.05, 0) is 50.5 Å². The maximum atomic E-state index is 13.0. The average molecular weight is 340 g/mol. The molecule has 1 aromatic carbocycles. The van der Waals surface area contributed by atoms with E-state index < -0.39 is 0 Å². The van der Waals surface area contributed by atoms with Gasteiger partial charge in [-0.25, -0.2) is 0 Å². The lowest BCUT2D eigenvalue weighted by Crippen LogP contribution is -2.46. The zero-order valence-corrected chi connectivity index (χ0v) is 14.9. The predicted octanol–water partition coefficient (Wildman–Crippen LogP) is 2.87. The second-order valence-corrected chi connectivity index (χ2v) is 7.89. The molecule has 134 valence electrons. The van der Waals surface area contributed by atoms with Gasteiger partial charge in [0, 0.05) is 37.5 Å². The van der Waals surface area contributed by atoms with Crippen molar-refractivity contribution in [2.75, 3.05) is 19.6 Å². The highest BCUT2D eigenvalue weighted by molar-refractivity contribution is 5.82. The Morgan fingerprint density at radius 2 is 1.52 bits per heavy atom. The molecule has 1 atom stereocenters. The first-order valence-corrected chi connectivity index (χ1v) is 9.85. The van der Waals surface area contributed by atoms with Crippen molar-refractivity contribution in [3.63, 3.8) is 0 Å². The Hall–Kier alpha value is -1.84. The molecule has 4 heteroatoms. The molecule has 2 saturated heterocycles. The van der Waals surface area contributed by atoms with Gasteiger partial charge in [-0.2, -0.15) is 0 Å². The van der Waals surface area contributed by atoms with Gasteiger partial charge in [0.05, 0.1) is 0 Å². The zero-order valence-electron chi connectivity index (χ0n) is 14.9. The molecule has 0 aromatic heterocycles. The number of nitrogens with zero attached hydrogens (tertiary/aromatic N) is 2. The second-order valence-electron chi connectivity index (χ2n) is 7.89. The molecule has 0 radical (unpaired) electrons. The van der Waals surface area contributed by atoms with Crippen molar-refractivity contribution in [1.82, 2.24) is 9.80 Å². The van der Waals surface area contributed by atoms with Crippen LogP contribution in [0.1, 0.15) is 44.1 Å². The van der Waals surface area contributed by atoms with Gasteiger partial charge < -0.3 is 9.80 Å². The highest BCUT2D eigenvalue weighted by Crippen LogP contribution is 2.33. The predicted molar refractivity (Wildman–Crippen MR) is 96.9 cm³/mol. The largest absolute Gasteiger partial charge is 0.342 e. The molecular weight excluding hydrogens is 312 g/mol. The minimum atomic E-state index is 0.111. The molecule has 1 unspecified atom stereocenters. The first kappa shape index (κ1) is 16.6. The van der Waals surface area contributed by atoms with E-state index in [1.54, 1.807) is 0 Å². The summed E-state index contributed by atoms with van der Waals surface area (Å²) in [6, 6.07) is 10.8. The summed E-state index contributed by atoms with van der Waals surface area (Å²) in [7, 11) is 0. The molecule has 1 aliphatic carbocycles. The van der Waals surface area contributed by atoms with Gasteiger partial charge >= 0.3 is 0 Å². The lowest BCUT2D eigenvalue weighted by atomic mass is 9.94. The summed E-state index contributed by atoms with van der Waals surface area (Å²) in [5.41, 5.74) is 1.32. The van der Waals surface area contributed by atoms with E-state index in [1.165, 1.54) is 5.56 Å². The quantitative estimate of drug-likeness (QED) is 0.846. The van der Waals surface area contributed by atoms with Crippen LogP contribution < -0.4 is 0 Å². The lowest BCUT2D eigenvalue weighted by Gasteiger charge is -2.35. The molecule has 25 heavy (non-hydrogen) atoms. The van der Waals surface area contributed by atoms with Gasteiger partial charge in [-0.3, -0.25) is 9.59 Å². The third kappa shape index (κ3) is 3.73. The van der Waals surface area contributed by atoms with E-state index in [1.807, 2.05) is 11.0 Å². The van der Waals surface area contributed by atoms with Gasteiger partial charge in [0.1, 0.15) is 0 Å². The summed E-state index contributed by atoms with van der Waals surface area (Å²) in [4.78, 5) is 29.4. The normalized spacial score (nSPS) is 24.6. The monoisotopic (exact) mass is 340 g/mol. The van der Waals surface area contributed by atoms with Gasteiger partial charge in [-0.1, -0.05) is 30.3 Å². The van der Waals surface area contributed by atoms with Crippen LogP contribution in [0.4, 0.5) is 0 Å². The van der Waals surface area contributed by atoms with Crippen LogP contribution >= 0.6 is 0 Å². The molecule has 4 nitrogen and oxygen atoms in total. The number of piperidine rings is 1. The Bertz CT molecular complexity index is 618. The highest BCUT2D eigenvalue weighted by Gasteiger charge is 2.38. The molecule has 2 aliphatic heterocycles. The molecule has 4 rings (SSSR count). The highest BCUT2D eigenvalue weighted by atomic mass is 16.2. The molecule has 0 spiro atoms. The van der Waals surface area contributed by atoms with Crippen LogP contribution in [0, 0.1) is 11.8 Å². The molecule has 3 fully saturated rings. The summed E-state index contributed by atoms with van der Waals surface area (Å²) >= 11 is 0. The number of hydrogen-bond acceptors (Lipinski definition) is 2. The van der Waals surface area contributed by atoms with Crippen molar-refractivity contribution in [3.8, 4) is 0 Å². The van der Waals surface area contributed by atoms with Gasteiger partial charge in [-0.15, -0.1) is 0 Å². The van der Waals surface area contributed by atoms with E-state index in [4.69, 9.17) is 0 Å². The minimum absolute atomic E-state index is 0.111. The standard InChI is InChI=1S/C21H28N2O2/c24-20(17-8-9-17)22-13-10-18(11-14-22)21(25)23-12-4-7-19(23)15-16-5-2-1-3-6-16/h1-3,5-6,17-19H,4,7-15H2. The van der Waals surface area contributed by atoms with E-state index >= 15 is 0 Å². The number of amides is 2. The van der Waals surface area contributed by atoms with Crippen molar-refractivity contribution in [2.24, 2.45) is 11.8 Å². The minimum Gasteiger partial charge on any atom is -0.342 e. The number of hydrogen-bond donors (Lipinski definition) is 0. The fraction of sp³-hybridized carbons (Fsp3) is 0.619.